The quantitative estimate of drug-likeness (QED) is 0.792. The number of nitrogens with two attached hydrogens (primary N) is 1. The molecule has 1 aliphatic rings. The molecule has 0 radical (unpaired) electrons. The van der Waals surface area contributed by atoms with Gasteiger partial charge in [0.05, 0.1) is 12.3 Å². The van der Waals surface area contributed by atoms with Gasteiger partial charge in [0, 0.05) is 13.3 Å². The molecule has 0 aliphatic carbocycles. The third kappa shape index (κ3) is 2.91. The lowest BCUT2D eigenvalue weighted by Gasteiger charge is -2.08. The molecule has 2 N–H and O–H groups in total. The fourth-order valence-electron chi connectivity index (χ4n) is 1.61. The second-order valence-corrected chi connectivity index (χ2v) is 3.73. The normalized spacial score (nSPS) is 14.2. The smallest absolute Gasteiger partial charge is 0.318 e. The third-order valence-corrected chi connectivity index (χ3v) is 2.45. The Balaban J connectivity index is 2.18. The molecule has 6 nitrogen and oxygen atoms in total. The molecular weight excluding hydrogens is 220 g/mol. The Hall–Kier alpha value is -1.69. The standard InChI is InChI=1S/C11H16N4O2/c1-16-6-7-17-11-14-8-4-2-3-5-13-9(8)10(12)15-11/h5H,2-4,6-7H2,1H3,(H2,12,14,15). The average Bonchev–Trinajstić information content (AvgIpc) is 2.55. The second kappa shape index (κ2) is 5.58. The Labute approximate surface area is 99.9 Å². The molecule has 0 atom stereocenters. The highest BCUT2D eigenvalue weighted by Crippen LogP contribution is 2.28. The Kier molecular flexibility index (Phi) is 3.87. The SMILES string of the molecule is COCCOc1nc(N)c2c(n1)CCCC=N2. The van der Waals surface area contributed by atoms with Gasteiger partial charge < -0.3 is 15.2 Å². The van der Waals surface area contributed by atoms with E-state index in [1.54, 1.807) is 7.11 Å². The average molecular weight is 236 g/mol. The van der Waals surface area contributed by atoms with Crippen molar-refractivity contribution in [1.29, 1.82) is 0 Å². The van der Waals surface area contributed by atoms with Crippen molar-refractivity contribution in [2.75, 3.05) is 26.1 Å². The molecule has 0 amide bonds. The lowest BCUT2D eigenvalue weighted by atomic mass is 10.2. The largest absolute Gasteiger partial charge is 0.461 e. The fraction of sp³-hybridized carbons (Fsp3) is 0.545. The summed E-state index contributed by atoms with van der Waals surface area (Å²) in [6, 6.07) is 0.301. The van der Waals surface area contributed by atoms with Crippen LogP contribution >= 0.6 is 0 Å². The van der Waals surface area contributed by atoms with Gasteiger partial charge in [-0.15, -0.1) is 0 Å². The highest BCUT2D eigenvalue weighted by Gasteiger charge is 2.13. The number of aromatic nitrogens is 2. The highest BCUT2D eigenvalue weighted by atomic mass is 16.5. The van der Waals surface area contributed by atoms with Gasteiger partial charge in [0.25, 0.3) is 0 Å². The van der Waals surface area contributed by atoms with Crippen LogP contribution in [0.1, 0.15) is 18.5 Å². The zero-order valence-electron chi connectivity index (χ0n) is 9.85. The van der Waals surface area contributed by atoms with Crippen LogP contribution in [0.15, 0.2) is 4.99 Å². The number of aryl methyl sites for hydroxylation is 1. The zero-order valence-corrected chi connectivity index (χ0v) is 9.85. The van der Waals surface area contributed by atoms with E-state index in [0.717, 1.165) is 25.0 Å². The number of hydrogen-bond acceptors (Lipinski definition) is 6. The summed E-state index contributed by atoms with van der Waals surface area (Å²) >= 11 is 0. The van der Waals surface area contributed by atoms with Gasteiger partial charge in [-0.3, -0.25) is 4.99 Å². The van der Waals surface area contributed by atoms with Crippen LogP contribution in [0.25, 0.3) is 0 Å². The molecule has 17 heavy (non-hydrogen) atoms. The summed E-state index contributed by atoms with van der Waals surface area (Å²) in [6.07, 6.45) is 4.67. The molecule has 0 unspecified atom stereocenters. The number of rotatable bonds is 4. The van der Waals surface area contributed by atoms with E-state index >= 15 is 0 Å². The molecule has 6 heteroatoms. The second-order valence-electron chi connectivity index (χ2n) is 3.73. The van der Waals surface area contributed by atoms with Crippen molar-refractivity contribution < 1.29 is 9.47 Å². The predicted molar refractivity (Wildman–Crippen MR) is 64.9 cm³/mol. The number of anilines is 1. The maximum atomic E-state index is 5.84. The molecule has 2 heterocycles. The Morgan fingerprint density at radius 1 is 1.35 bits per heavy atom. The van der Waals surface area contributed by atoms with Crippen molar-refractivity contribution in [2.45, 2.75) is 19.3 Å². The van der Waals surface area contributed by atoms with Gasteiger partial charge in [-0.2, -0.15) is 9.97 Å². The van der Waals surface area contributed by atoms with Crippen molar-refractivity contribution in [2.24, 2.45) is 4.99 Å². The van der Waals surface area contributed by atoms with Gasteiger partial charge in [-0.1, -0.05) is 0 Å². The van der Waals surface area contributed by atoms with Crippen LogP contribution in [0, 0.1) is 0 Å². The van der Waals surface area contributed by atoms with Crippen LogP contribution in [0.5, 0.6) is 6.01 Å². The number of aliphatic imine (C=N–C) groups is 1. The molecular formula is C11H16N4O2. The molecule has 1 aromatic heterocycles. The summed E-state index contributed by atoms with van der Waals surface area (Å²) in [5.74, 6) is 0.376. The van der Waals surface area contributed by atoms with Gasteiger partial charge in [-0.25, -0.2) is 0 Å². The van der Waals surface area contributed by atoms with E-state index in [2.05, 4.69) is 15.0 Å². The number of hydrogen-bond donors (Lipinski definition) is 1. The first kappa shape index (κ1) is 11.8. The van der Waals surface area contributed by atoms with E-state index < -0.39 is 0 Å². The van der Waals surface area contributed by atoms with Crippen LogP contribution in [-0.2, 0) is 11.2 Å². The molecule has 0 spiro atoms. The van der Waals surface area contributed by atoms with E-state index in [1.165, 1.54) is 0 Å². The van der Waals surface area contributed by atoms with E-state index in [-0.39, 0.29) is 0 Å². The van der Waals surface area contributed by atoms with Crippen LogP contribution in [0.2, 0.25) is 0 Å². The molecule has 0 bridgehead atoms. The maximum Gasteiger partial charge on any atom is 0.318 e. The molecule has 1 aliphatic heterocycles. The van der Waals surface area contributed by atoms with Crippen molar-refractivity contribution in [3.8, 4) is 6.01 Å². The molecule has 92 valence electrons. The van der Waals surface area contributed by atoms with Gasteiger partial charge in [-0.05, 0) is 19.3 Å². The zero-order chi connectivity index (χ0) is 12.1. The summed E-state index contributed by atoms with van der Waals surface area (Å²) in [4.78, 5) is 12.7. The molecule has 0 saturated carbocycles. The summed E-state index contributed by atoms with van der Waals surface area (Å²) < 4.78 is 10.2. The number of nitrogen functional groups attached to an aromatic ring is 1. The molecule has 2 rings (SSSR count). The fourth-order valence-corrected chi connectivity index (χ4v) is 1.61. The Morgan fingerprint density at radius 3 is 3.06 bits per heavy atom. The van der Waals surface area contributed by atoms with Crippen molar-refractivity contribution in [3.63, 3.8) is 0 Å². The van der Waals surface area contributed by atoms with Crippen LogP contribution in [-0.4, -0.2) is 36.5 Å². The van der Waals surface area contributed by atoms with E-state index in [1.807, 2.05) is 6.21 Å². The van der Waals surface area contributed by atoms with E-state index in [0.29, 0.717) is 30.7 Å². The first-order chi connectivity index (χ1) is 8.31. The first-order valence-corrected chi connectivity index (χ1v) is 5.62. The number of ether oxygens (including phenoxy) is 2. The van der Waals surface area contributed by atoms with Gasteiger partial charge >= 0.3 is 6.01 Å². The summed E-state index contributed by atoms with van der Waals surface area (Å²) in [5.41, 5.74) is 7.38. The summed E-state index contributed by atoms with van der Waals surface area (Å²) in [7, 11) is 1.62. The van der Waals surface area contributed by atoms with E-state index in [9.17, 15) is 0 Å². The molecule has 0 aromatic carbocycles. The van der Waals surface area contributed by atoms with Crippen LogP contribution in [0.4, 0.5) is 11.5 Å². The Morgan fingerprint density at radius 2 is 2.24 bits per heavy atom. The van der Waals surface area contributed by atoms with E-state index in [4.69, 9.17) is 15.2 Å². The first-order valence-electron chi connectivity index (χ1n) is 5.62. The molecule has 1 aromatic rings. The lowest BCUT2D eigenvalue weighted by molar-refractivity contribution is 0.141. The van der Waals surface area contributed by atoms with Crippen molar-refractivity contribution in [3.05, 3.63) is 5.69 Å². The molecule has 0 saturated heterocycles. The topological polar surface area (TPSA) is 82.6 Å². The van der Waals surface area contributed by atoms with Crippen molar-refractivity contribution in [1.82, 2.24) is 9.97 Å². The number of nitrogens with zero attached hydrogens (tertiary/aromatic N) is 3. The van der Waals surface area contributed by atoms with Gasteiger partial charge in [0.1, 0.15) is 12.3 Å². The van der Waals surface area contributed by atoms with Gasteiger partial charge in [0.2, 0.25) is 0 Å². The van der Waals surface area contributed by atoms with Gasteiger partial charge in [0.15, 0.2) is 5.82 Å². The number of methoxy groups -OCH3 is 1. The molecule has 0 fully saturated rings. The monoisotopic (exact) mass is 236 g/mol. The minimum Gasteiger partial charge on any atom is -0.461 e. The Bertz CT molecular complexity index is 420. The van der Waals surface area contributed by atoms with Crippen LogP contribution < -0.4 is 10.5 Å². The maximum absolute atomic E-state index is 5.84. The predicted octanol–water partition coefficient (Wildman–Crippen LogP) is 1.12. The highest BCUT2D eigenvalue weighted by molar-refractivity contribution is 5.71. The van der Waals surface area contributed by atoms with Crippen LogP contribution in [0.3, 0.4) is 0 Å². The summed E-state index contributed by atoms with van der Waals surface area (Å²) in [6.45, 7) is 0.913. The summed E-state index contributed by atoms with van der Waals surface area (Å²) in [5, 5.41) is 0. The minimum absolute atomic E-state index is 0.301. The third-order valence-electron chi connectivity index (χ3n) is 2.45. The number of fused-ring (bicyclic) bond motifs is 1. The van der Waals surface area contributed by atoms with Crippen molar-refractivity contribution >= 4 is 17.7 Å². The lowest BCUT2D eigenvalue weighted by Crippen LogP contribution is -2.09. The minimum atomic E-state index is 0.301.